The summed E-state index contributed by atoms with van der Waals surface area (Å²) in [4.78, 5) is 38.4. The Bertz CT molecular complexity index is 991. The lowest BCUT2D eigenvalue weighted by atomic mass is 10.1. The quantitative estimate of drug-likeness (QED) is 0.601. The van der Waals surface area contributed by atoms with Gasteiger partial charge in [0.1, 0.15) is 0 Å². The van der Waals surface area contributed by atoms with E-state index in [0.717, 1.165) is 27.8 Å². The van der Waals surface area contributed by atoms with Crippen LogP contribution in [0.15, 0.2) is 53.4 Å². The van der Waals surface area contributed by atoms with E-state index in [0.29, 0.717) is 22.8 Å². The lowest BCUT2D eigenvalue weighted by molar-refractivity contribution is -0.124. The normalized spacial score (nSPS) is 14.8. The van der Waals surface area contributed by atoms with E-state index in [4.69, 9.17) is 9.47 Å². The van der Waals surface area contributed by atoms with Crippen molar-refractivity contribution in [3.8, 4) is 11.5 Å². The highest BCUT2D eigenvalue weighted by Crippen LogP contribution is 2.32. The third-order valence-corrected chi connectivity index (χ3v) is 5.62. The fraction of sp³-hybridized carbons (Fsp3) is 0.261. The second-order valence-corrected chi connectivity index (χ2v) is 7.78. The van der Waals surface area contributed by atoms with Gasteiger partial charge in [-0.25, -0.2) is 0 Å². The molecule has 0 aliphatic carbocycles. The molecule has 1 heterocycles. The molecule has 0 aromatic heterocycles. The van der Waals surface area contributed by atoms with Crippen LogP contribution >= 0.6 is 11.8 Å². The van der Waals surface area contributed by atoms with Crippen molar-refractivity contribution < 1.29 is 23.9 Å². The number of hydrogen-bond acceptors (Lipinski definition) is 6. The number of aryl methyl sites for hydroxylation is 1. The number of nitrogens with zero attached hydrogens (tertiary/aromatic N) is 1. The van der Waals surface area contributed by atoms with Gasteiger partial charge in [0.05, 0.1) is 19.1 Å². The molecule has 1 aliphatic heterocycles. The molecule has 8 heteroatoms. The Morgan fingerprint density at radius 3 is 2.52 bits per heavy atom. The summed E-state index contributed by atoms with van der Waals surface area (Å²) in [5, 5.41) is 2.44. The number of nitrogens with one attached hydrogen (secondary N) is 1. The van der Waals surface area contributed by atoms with Gasteiger partial charge < -0.3 is 14.8 Å². The number of hydrogen-bond donors (Lipinski definition) is 1. The van der Waals surface area contributed by atoms with Crippen LogP contribution in [0, 0.1) is 0 Å². The molecule has 1 saturated heterocycles. The molecule has 0 atom stereocenters. The molecule has 3 rings (SSSR count). The standard InChI is InChI=1S/C23H24N2O5S/c1-29-18-10-8-17(14-19(18)30-2)9-11-21(26)24-12-13-25-22(27)20(31-23(25)28)15-16-6-4-3-5-7-16/h3-8,10,14-15H,9,11-13H2,1-2H3,(H,24,26). The van der Waals surface area contributed by atoms with Gasteiger partial charge in [-0.2, -0.15) is 0 Å². The van der Waals surface area contributed by atoms with E-state index in [1.165, 1.54) is 0 Å². The maximum atomic E-state index is 12.5. The van der Waals surface area contributed by atoms with Crippen LogP contribution in [-0.2, 0) is 16.0 Å². The Kier molecular flexibility index (Phi) is 7.72. The molecule has 0 spiro atoms. The molecule has 3 amide bonds. The van der Waals surface area contributed by atoms with Crippen LogP contribution in [0.1, 0.15) is 17.5 Å². The molecule has 31 heavy (non-hydrogen) atoms. The first kappa shape index (κ1) is 22.4. The second-order valence-electron chi connectivity index (χ2n) is 6.78. The zero-order valence-corrected chi connectivity index (χ0v) is 18.2. The first-order valence-electron chi connectivity index (χ1n) is 9.80. The van der Waals surface area contributed by atoms with Crippen molar-refractivity contribution in [2.75, 3.05) is 27.3 Å². The van der Waals surface area contributed by atoms with Gasteiger partial charge in [-0.1, -0.05) is 36.4 Å². The van der Waals surface area contributed by atoms with Crippen molar-refractivity contribution in [3.63, 3.8) is 0 Å². The lowest BCUT2D eigenvalue weighted by Crippen LogP contribution is -2.37. The third kappa shape index (κ3) is 5.88. The van der Waals surface area contributed by atoms with E-state index in [1.807, 2.05) is 42.5 Å². The van der Waals surface area contributed by atoms with Gasteiger partial charge in [0.2, 0.25) is 5.91 Å². The van der Waals surface area contributed by atoms with Crippen LogP contribution in [-0.4, -0.2) is 49.3 Å². The molecule has 1 N–H and O–H groups in total. The average Bonchev–Trinajstić information content (AvgIpc) is 3.05. The molecule has 2 aromatic rings. The van der Waals surface area contributed by atoms with Crippen LogP contribution in [0.4, 0.5) is 4.79 Å². The van der Waals surface area contributed by atoms with Crippen LogP contribution in [0.5, 0.6) is 11.5 Å². The van der Waals surface area contributed by atoms with Gasteiger partial charge >= 0.3 is 0 Å². The fourth-order valence-corrected chi connectivity index (χ4v) is 3.95. The third-order valence-electron chi connectivity index (χ3n) is 4.72. The van der Waals surface area contributed by atoms with Crippen LogP contribution in [0.25, 0.3) is 6.08 Å². The van der Waals surface area contributed by atoms with Crippen molar-refractivity contribution in [3.05, 3.63) is 64.6 Å². The zero-order valence-electron chi connectivity index (χ0n) is 17.4. The lowest BCUT2D eigenvalue weighted by Gasteiger charge is -2.13. The van der Waals surface area contributed by atoms with Crippen LogP contribution in [0.2, 0.25) is 0 Å². The summed E-state index contributed by atoms with van der Waals surface area (Å²) in [5.41, 5.74) is 1.81. The fourth-order valence-electron chi connectivity index (χ4n) is 3.08. The highest BCUT2D eigenvalue weighted by atomic mass is 32.2. The van der Waals surface area contributed by atoms with E-state index in [9.17, 15) is 14.4 Å². The van der Waals surface area contributed by atoms with Crippen molar-refractivity contribution in [2.24, 2.45) is 0 Å². The van der Waals surface area contributed by atoms with Gasteiger partial charge in [0.25, 0.3) is 11.1 Å². The summed E-state index contributed by atoms with van der Waals surface area (Å²) in [6.07, 6.45) is 2.52. The molecule has 1 fully saturated rings. The van der Waals surface area contributed by atoms with E-state index in [2.05, 4.69) is 5.32 Å². The highest BCUT2D eigenvalue weighted by Gasteiger charge is 2.34. The first-order chi connectivity index (χ1) is 15.0. The van der Waals surface area contributed by atoms with E-state index >= 15 is 0 Å². The Morgan fingerprint density at radius 2 is 1.81 bits per heavy atom. The number of ether oxygens (including phenoxy) is 2. The van der Waals surface area contributed by atoms with Gasteiger partial charge in [0.15, 0.2) is 11.5 Å². The minimum Gasteiger partial charge on any atom is -0.493 e. The Balaban J connectivity index is 1.46. The number of benzene rings is 2. The Morgan fingerprint density at radius 1 is 1.06 bits per heavy atom. The summed E-state index contributed by atoms with van der Waals surface area (Å²) in [5.74, 6) is 0.762. The molecule has 7 nitrogen and oxygen atoms in total. The predicted molar refractivity (Wildman–Crippen MR) is 120 cm³/mol. The monoisotopic (exact) mass is 440 g/mol. The van der Waals surface area contributed by atoms with Gasteiger partial charge in [-0.15, -0.1) is 0 Å². The number of imide groups is 1. The van der Waals surface area contributed by atoms with Crippen molar-refractivity contribution >= 4 is 34.9 Å². The number of carbonyl (C=O) groups is 3. The number of amides is 3. The first-order valence-corrected chi connectivity index (χ1v) is 10.6. The van der Waals surface area contributed by atoms with Crippen molar-refractivity contribution in [2.45, 2.75) is 12.8 Å². The smallest absolute Gasteiger partial charge is 0.293 e. The molecule has 0 bridgehead atoms. The Labute approximate surface area is 185 Å². The second kappa shape index (κ2) is 10.7. The number of methoxy groups -OCH3 is 2. The number of carbonyl (C=O) groups excluding carboxylic acids is 3. The molecule has 2 aromatic carbocycles. The predicted octanol–water partition coefficient (Wildman–Crippen LogP) is 3.49. The van der Waals surface area contributed by atoms with Crippen molar-refractivity contribution in [1.29, 1.82) is 0 Å². The molecule has 162 valence electrons. The minimum atomic E-state index is -0.335. The maximum absolute atomic E-state index is 12.5. The number of rotatable bonds is 9. The topological polar surface area (TPSA) is 84.9 Å². The molecule has 1 aliphatic rings. The summed E-state index contributed by atoms with van der Waals surface area (Å²) in [6, 6.07) is 14.9. The zero-order chi connectivity index (χ0) is 22.2. The van der Waals surface area contributed by atoms with Crippen LogP contribution < -0.4 is 14.8 Å². The summed E-state index contributed by atoms with van der Waals surface area (Å²) in [6.45, 7) is 0.348. The van der Waals surface area contributed by atoms with E-state index in [-0.39, 0.29) is 36.6 Å². The van der Waals surface area contributed by atoms with Gasteiger partial charge in [-0.3, -0.25) is 19.3 Å². The van der Waals surface area contributed by atoms with Gasteiger partial charge in [-0.05, 0) is 47.5 Å². The largest absolute Gasteiger partial charge is 0.493 e. The number of thioether (sulfide) groups is 1. The summed E-state index contributed by atoms with van der Waals surface area (Å²) in [7, 11) is 3.13. The van der Waals surface area contributed by atoms with Gasteiger partial charge in [0, 0.05) is 19.5 Å². The molecular formula is C23H24N2O5S. The highest BCUT2D eigenvalue weighted by molar-refractivity contribution is 8.18. The van der Waals surface area contributed by atoms with E-state index < -0.39 is 0 Å². The SMILES string of the molecule is COc1ccc(CCC(=O)NCCN2C(=O)SC(=Cc3ccccc3)C2=O)cc1OC. The van der Waals surface area contributed by atoms with E-state index in [1.54, 1.807) is 26.4 Å². The molecular weight excluding hydrogens is 416 g/mol. The molecule has 0 radical (unpaired) electrons. The molecule has 0 unspecified atom stereocenters. The summed E-state index contributed by atoms with van der Waals surface area (Å²) >= 11 is 0.913. The average molecular weight is 441 g/mol. The van der Waals surface area contributed by atoms with Crippen LogP contribution in [0.3, 0.4) is 0 Å². The molecule has 0 saturated carbocycles. The minimum absolute atomic E-state index is 0.138. The summed E-state index contributed by atoms with van der Waals surface area (Å²) < 4.78 is 10.5. The maximum Gasteiger partial charge on any atom is 0.293 e. The Hall–Kier alpha value is -3.26. The van der Waals surface area contributed by atoms with Crippen molar-refractivity contribution in [1.82, 2.24) is 10.2 Å².